The first-order valence-corrected chi connectivity index (χ1v) is 4.81. The van der Waals surface area contributed by atoms with Crippen LogP contribution in [0, 0.1) is 11.3 Å². The van der Waals surface area contributed by atoms with Gasteiger partial charge in [0, 0.05) is 5.56 Å². The minimum atomic E-state index is -5.16. The van der Waals surface area contributed by atoms with Gasteiger partial charge in [0.1, 0.15) is 0 Å². The van der Waals surface area contributed by atoms with Gasteiger partial charge in [-0.05, 0) is 11.6 Å². The molecule has 0 heterocycles. The van der Waals surface area contributed by atoms with Crippen LogP contribution in [0.1, 0.15) is 28.7 Å². The lowest BCUT2D eigenvalue weighted by molar-refractivity contribution is -0.140. The maximum Gasteiger partial charge on any atom is 0.418 e. The number of rotatable bonds is 3. The van der Waals surface area contributed by atoms with E-state index < -0.39 is 47.2 Å². The topological polar surface area (TPSA) is 61.1 Å². The van der Waals surface area contributed by atoms with Gasteiger partial charge in [0.15, 0.2) is 0 Å². The van der Waals surface area contributed by atoms with E-state index >= 15 is 0 Å². The molecule has 0 fully saturated rings. The van der Waals surface area contributed by atoms with Crippen LogP contribution in [0.4, 0.5) is 22.0 Å². The summed E-state index contributed by atoms with van der Waals surface area (Å²) in [6.07, 6.45) is -9.67. The van der Waals surface area contributed by atoms with Crippen molar-refractivity contribution >= 4 is 5.97 Å². The van der Waals surface area contributed by atoms with Gasteiger partial charge in [-0.2, -0.15) is 18.4 Å². The predicted octanol–water partition coefficient (Wildman–Crippen LogP) is 3.14. The van der Waals surface area contributed by atoms with E-state index in [9.17, 15) is 26.7 Å². The summed E-state index contributed by atoms with van der Waals surface area (Å²) in [5, 5.41) is 17.1. The van der Waals surface area contributed by atoms with Crippen molar-refractivity contribution in [3.05, 3.63) is 34.4 Å². The summed E-state index contributed by atoms with van der Waals surface area (Å²) >= 11 is 0. The minimum absolute atomic E-state index is 0.658. The van der Waals surface area contributed by atoms with Crippen LogP contribution < -0.4 is 0 Å². The molecule has 1 N–H and O–H groups in total. The molecular formula is C11H6F5NO2. The first-order chi connectivity index (χ1) is 8.68. The zero-order valence-corrected chi connectivity index (χ0v) is 9.13. The van der Waals surface area contributed by atoms with Gasteiger partial charge in [-0.25, -0.2) is 8.78 Å². The molecule has 1 aromatic rings. The van der Waals surface area contributed by atoms with E-state index in [2.05, 4.69) is 0 Å². The van der Waals surface area contributed by atoms with Crippen molar-refractivity contribution in [3.8, 4) is 6.07 Å². The number of hydrogen-bond acceptors (Lipinski definition) is 2. The Morgan fingerprint density at radius 1 is 1.37 bits per heavy atom. The lowest BCUT2D eigenvalue weighted by Crippen LogP contribution is -2.16. The molecule has 0 bridgehead atoms. The fraction of sp³-hybridized carbons (Fsp3) is 0.273. The number of carboxylic acid groups (broad SMARTS) is 1. The minimum Gasteiger partial charge on any atom is -0.481 e. The molecule has 1 rings (SSSR count). The van der Waals surface area contributed by atoms with Crippen molar-refractivity contribution in [3.63, 3.8) is 0 Å². The molecule has 1 aromatic carbocycles. The number of halogens is 5. The molecular weight excluding hydrogens is 273 g/mol. The van der Waals surface area contributed by atoms with Gasteiger partial charge in [0.2, 0.25) is 0 Å². The molecule has 102 valence electrons. The summed E-state index contributed by atoms with van der Waals surface area (Å²) < 4.78 is 63.8. The van der Waals surface area contributed by atoms with Crippen molar-refractivity contribution in [1.29, 1.82) is 5.26 Å². The van der Waals surface area contributed by atoms with Crippen molar-refractivity contribution in [2.45, 2.75) is 19.0 Å². The molecule has 8 heteroatoms. The second-order valence-corrected chi connectivity index (χ2v) is 3.54. The van der Waals surface area contributed by atoms with Crippen molar-refractivity contribution < 1.29 is 31.9 Å². The Morgan fingerprint density at radius 3 is 2.32 bits per heavy atom. The molecule has 0 aliphatic rings. The van der Waals surface area contributed by atoms with Crippen molar-refractivity contribution in [1.82, 2.24) is 0 Å². The zero-order valence-electron chi connectivity index (χ0n) is 9.13. The third-order valence-corrected chi connectivity index (χ3v) is 2.30. The summed E-state index contributed by atoms with van der Waals surface area (Å²) in [7, 11) is 0. The molecule has 0 saturated heterocycles. The van der Waals surface area contributed by atoms with Crippen LogP contribution in [-0.4, -0.2) is 11.1 Å². The van der Waals surface area contributed by atoms with E-state index in [1.165, 1.54) is 6.07 Å². The summed E-state index contributed by atoms with van der Waals surface area (Å²) in [4.78, 5) is 10.5. The lowest BCUT2D eigenvalue weighted by Gasteiger charge is -2.17. The monoisotopic (exact) mass is 279 g/mol. The van der Waals surface area contributed by atoms with Gasteiger partial charge < -0.3 is 5.11 Å². The Balaban J connectivity index is 3.64. The van der Waals surface area contributed by atoms with Gasteiger partial charge in [-0.15, -0.1) is 0 Å². The largest absolute Gasteiger partial charge is 0.481 e. The highest BCUT2D eigenvalue weighted by molar-refractivity contribution is 5.71. The highest BCUT2D eigenvalue weighted by Crippen LogP contribution is 2.40. The summed E-state index contributed by atoms with van der Waals surface area (Å²) in [6, 6.07) is 2.66. The number of benzene rings is 1. The first kappa shape index (κ1) is 14.9. The predicted molar refractivity (Wildman–Crippen MR) is 52.5 cm³/mol. The second kappa shape index (κ2) is 5.22. The Labute approximate surface area is 103 Å². The Bertz CT molecular complexity index is 545. The number of hydrogen-bond donors (Lipinski definition) is 1. The Hall–Kier alpha value is -2.17. The molecule has 0 saturated carbocycles. The summed E-state index contributed by atoms with van der Waals surface area (Å²) in [5.41, 5.74) is -4.84. The highest BCUT2D eigenvalue weighted by Gasteiger charge is 2.40. The van der Waals surface area contributed by atoms with E-state index in [0.29, 0.717) is 6.07 Å². The molecule has 0 radical (unpaired) electrons. The maximum absolute atomic E-state index is 12.8. The third-order valence-electron chi connectivity index (χ3n) is 2.30. The molecule has 3 nitrogen and oxygen atoms in total. The van der Waals surface area contributed by atoms with Crippen molar-refractivity contribution in [2.75, 3.05) is 0 Å². The first-order valence-electron chi connectivity index (χ1n) is 4.81. The van der Waals surface area contributed by atoms with E-state index in [0.717, 1.165) is 6.07 Å². The van der Waals surface area contributed by atoms with E-state index in [1.807, 2.05) is 0 Å². The van der Waals surface area contributed by atoms with E-state index in [1.54, 1.807) is 0 Å². The van der Waals surface area contributed by atoms with Gasteiger partial charge in [0.25, 0.3) is 6.43 Å². The Kier molecular flexibility index (Phi) is 4.09. The molecule has 0 aromatic heterocycles. The molecule has 0 unspecified atom stereocenters. The third kappa shape index (κ3) is 3.19. The van der Waals surface area contributed by atoms with Gasteiger partial charge >= 0.3 is 12.1 Å². The van der Waals surface area contributed by atoms with Crippen molar-refractivity contribution in [2.24, 2.45) is 0 Å². The lowest BCUT2D eigenvalue weighted by atomic mass is 9.94. The number of nitriles is 1. The number of alkyl halides is 5. The summed E-state index contributed by atoms with van der Waals surface area (Å²) in [6.45, 7) is 0. The fourth-order valence-electron chi connectivity index (χ4n) is 1.63. The number of nitrogens with zero attached hydrogens (tertiary/aromatic N) is 1. The van der Waals surface area contributed by atoms with Gasteiger partial charge in [-0.3, -0.25) is 4.79 Å². The SMILES string of the molecule is N#Cc1ccc(CC(=O)O)c(C(F)F)c1C(F)(F)F. The maximum atomic E-state index is 12.8. The van der Waals surface area contributed by atoms with Crippen LogP contribution >= 0.6 is 0 Å². The van der Waals surface area contributed by atoms with E-state index in [4.69, 9.17) is 10.4 Å². The van der Waals surface area contributed by atoms with Crippen LogP contribution in [0.5, 0.6) is 0 Å². The zero-order chi connectivity index (χ0) is 14.8. The molecule has 0 atom stereocenters. The standard InChI is InChI=1S/C11H6F5NO2/c12-10(13)8-5(3-7(18)19)1-2-6(4-17)9(8)11(14,15)16/h1-2,10H,3H2,(H,18,19). The van der Waals surface area contributed by atoms with Crippen LogP contribution in [0.25, 0.3) is 0 Å². The summed E-state index contributed by atoms with van der Waals surface area (Å²) in [5.74, 6) is -1.54. The number of carboxylic acids is 1. The molecule has 0 spiro atoms. The van der Waals surface area contributed by atoms with Crippen LogP contribution in [0.2, 0.25) is 0 Å². The smallest absolute Gasteiger partial charge is 0.418 e. The average Bonchev–Trinajstić information content (AvgIpc) is 2.25. The quantitative estimate of drug-likeness (QED) is 0.864. The average molecular weight is 279 g/mol. The molecule has 0 aliphatic carbocycles. The van der Waals surface area contributed by atoms with Crippen LogP contribution in [0.3, 0.4) is 0 Å². The van der Waals surface area contributed by atoms with Crippen LogP contribution in [-0.2, 0) is 17.4 Å². The van der Waals surface area contributed by atoms with E-state index in [-0.39, 0.29) is 0 Å². The van der Waals surface area contributed by atoms with Crippen LogP contribution in [0.15, 0.2) is 12.1 Å². The molecule has 19 heavy (non-hydrogen) atoms. The highest BCUT2D eigenvalue weighted by atomic mass is 19.4. The number of aliphatic carboxylic acids is 1. The van der Waals surface area contributed by atoms with Gasteiger partial charge in [0.05, 0.1) is 23.6 Å². The molecule has 0 aliphatic heterocycles. The van der Waals surface area contributed by atoms with Gasteiger partial charge in [-0.1, -0.05) is 6.07 Å². The Morgan fingerprint density at radius 2 is 1.95 bits per heavy atom. The normalized spacial score (nSPS) is 11.4. The molecule has 0 amide bonds. The second-order valence-electron chi connectivity index (χ2n) is 3.54. The number of carbonyl (C=O) groups is 1. The fourth-order valence-corrected chi connectivity index (χ4v) is 1.63.